The Labute approximate surface area is 113 Å². The second-order valence-electron chi connectivity index (χ2n) is 4.16. The highest BCUT2D eigenvalue weighted by molar-refractivity contribution is 8.15. The van der Waals surface area contributed by atoms with Crippen LogP contribution in [0.25, 0.3) is 10.2 Å². The number of fused-ring (bicyclic) bond motifs is 1. The zero-order valence-corrected chi connectivity index (χ0v) is 11.6. The quantitative estimate of drug-likeness (QED) is 0.845. The summed E-state index contributed by atoms with van der Waals surface area (Å²) in [5.74, 6) is 0.372. The maximum atomic E-state index is 11.1. The number of benzene rings is 1. The normalized spacial score (nSPS) is 15.2. The molecular formula is C12H11N3OS2. The van der Waals surface area contributed by atoms with E-state index in [9.17, 15) is 4.79 Å². The Kier molecular flexibility index (Phi) is 2.83. The molecule has 0 bridgehead atoms. The molecule has 18 heavy (non-hydrogen) atoms. The molecule has 0 aliphatic carbocycles. The van der Waals surface area contributed by atoms with Crippen LogP contribution in [0.5, 0.6) is 0 Å². The first-order valence-corrected chi connectivity index (χ1v) is 7.26. The topological polar surface area (TPSA) is 45.6 Å². The minimum absolute atomic E-state index is 0.0664. The van der Waals surface area contributed by atoms with Crippen LogP contribution in [0.1, 0.15) is 5.01 Å². The van der Waals surface area contributed by atoms with Crippen LogP contribution in [-0.2, 0) is 4.79 Å². The summed E-state index contributed by atoms with van der Waals surface area (Å²) in [6, 6.07) is 6.16. The van der Waals surface area contributed by atoms with Gasteiger partial charge in [0.2, 0.25) is 0 Å². The molecule has 1 aromatic carbocycles. The fraction of sp³-hybridized carbons (Fsp3) is 0.250. The van der Waals surface area contributed by atoms with Crippen molar-refractivity contribution in [3.63, 3.8) is 0 Å². The lowest BCUT2D eigenvalue weighted by Crippen LogP contribution is -2.07. The number of amides is 1. The van der Waals surface area contributed by atoms with Crippen molar-refractivity contribution in [2.75, 3.05) is 24.7 Å². The Morgan fingerprint density at radius 3 is 2.83 bits per heavy atom. The van der Waals surface area contributed by atoms with Gasteiger partial charge in [-0.1, -0.05) is 11.8 Å². The molecular weight excluding hydrogens is 266 g/mol. The van der Waals surface area contributed by atoms with Gasteiger partial charge in [0.15, 0.2) is 0 Å². The molecule has 1 aromatic heterocycles. The number of aromatic nitrogens is 1. The lowest BCUT2D eigenvalue weighted by Gasteiger charge is -2.11. The lowest BCUT2D eigenvalue weighted by molar-refractivity contribution is -0.115. The molecule has 3 rings (SSSR count). The van der Waals surface area contributed by atoms with Gasteiger partial charge < -0.3 is 4.90 Å². The van der Waals surface area contributed by atoms with Crippen LogP contribution in [0.15, 0.2) is 23.2 Å². The number of nitrogens with zero attached hydrogens (tertiary/aromatic N) is 3. The van der Waals surface area contributed by atoms with E-state index in [-0.39, 0.29) is 5.91 Å². The van der Waals surface area contributed by atoms with Gasteiger partial charge in [-0.15, -0.1) is 11.3 Å². The standard InChI is InChI=1S/C12H11N3OS2/c1-15(2)7-3-4-8-9(5-7)18-12(13-8)11-14-10(16)6-17-11/h3-5H,6H2,1-2H3. The van der Waals surface area contributed by atoms with Gasteiger partial charge in [0.1, 0.15) is 10.1 Å². The SMILES string of the molecule is CN(C)c1ccc2nc(C3=NC(=O)CS3)sc2c1. The van der Waals surface area contributed by atoms with Crippen molar-refractivity contribution in [2.24, 2.45) is 4.99 Å². The predicted molar refractivity (Wildman–Crippen MR) is 77.9 cm³/mol. The average Bonchev–Trinajstić information content (AvgIpc) is 2.93. The average molecular weight is 277 g/mol. The molecule has 0 fully saturated rings. The van der Waals surface area contributed by atoms with Crippen molar-refractivity contribution in [3.8, 4) is 0 Å². The maximum absolute atomic E-state index is 11.1. The first-order chi connectivity index (χ1) is 8.63. The molecule has 6 heteroatoms. The highest BCUT2D eigenvalue weighted by Crippen LogP contribution is 2.30. The van der Waals surface area contributed by atoms with E-state index in [0.29, 0.717) is 5.75 Å². The van der Waals surface area contributed by atoms with Crippen LogP contribution in [0.2, 0.25) is 0 Å². The molecule has 2 heterocycles. The predicted octanol–water partition coefficient (Wildman–Crippen LogP) is 2.38. The fourth-order valence-electron chi connectivity index (χ4n) is 1.70. The van der Waals surface area contributed by atoms with Gasteiger partial charge in [0, 0.05) is 19.8 Å². The number of thioether (sulfide) groups is 1. The number of hydrogen-bond acceptors (Lipinski definition) is 5. The van der Waals surface area contributed by atoms with Crippen molar-refractivity contribution in [2.45, 2.75) is 0 Å². The molecule has 0 spiro atoms. The van der Waals surface area contributed by atoms with Crippen LogP contribution in [0.4, 0.5) is 5.69 Å². The fourth-order valence-corrected chi connectivity index (χ4v) is 3.55. The van der Waals surface area contributed by atoms with Crippen LogP contribution in [0, 0.1) is 0 Å². The number of thiazole rings is 1. The van der Waals surface area contributed by atoms with Crippen LogP contribution in [-0.4, -0.2) is 35.8 Å². The molecule has 0 N–H and O–H groups in total. The Morgan fingerprint density at radius 1 is 1.33 bits per heavy atom. The first kappa shape index (κ1) is 11.7. The summed E-state index contributed by atoms with van der Waals surface area (Å²) in [5, 5.41) is 1.60. The first-order valence-electron chi connectivity index (χ1n) is 5.46. The second-order valence-corrected chi connectivity index (χ2v) is 6.16. The summed E-state index contributed by atoms with van der Waals surface area (Å²) in [4.78, 5) is 21.7. The minimum Gasteiger partial charge on any atom is -0.378 e. The molecule has 0 saturated heterocycles. The molecule has 2 aromatic rings. The Hall–Kier alpha value is -1.40. The number of aliphatic imine (C=N–C) groups is 1. The van der Waals surface area contributed by atoms with E-state index in [0.717, 1.165) is 26.0 Å². The van der Waals surface area contributed by atoms with Gasteiger partial charge in [-0.25, -0.2) is 9.98 Å². The Morgan fingerprint density at radius 2 is 2.17 bits per heavy atom. The van der Waals surface area contributed by atoms with Gasteiger partial charge in [-0.2, -0.15) is 0 Å². The lowest BCUT2D eigenvalue weighted by atomic mass is 10.3. The van der Waals surface area contributed by atoms with Gasteiger partial charge in [-0.3, -0.25) is 4.79 Å². The van der Waals surface area contributed by atoms with E-state index < -0.39 is 0 Å². The third kappa shape index (κ3) is 2.02. The minimum atomic E-state index is -0.0664. The highest BCUT2D eigenvalue weighted by atomic mass is 32.2. The Bertz CT molecular complexity index is 660. The molecule has 0 radical (unpaired) electrons. The van der Waals surface area contributed by atoms with Gasteiger partial charge in [0.05, 0.1) is 16.0 Å². The smallest absolute Gasteiger partial charge is 0.257 e. The summed E-state index contributed by atoms with van der Waals surface area (Å²) < 4.78 is 1.12. The molecule has 1 aliphatic rings. The van der Waals surface area contributed by atoms with E-state index in [1.165, 1.54) is 11.8 Å². The van der Waals surface area contributed by atoms with E-state index in [1.54, 1.807) is 11.3 Å². The summed E-state index contributed by atoms with van der Waals surface area (Å²) >= 11 is 3.05. The molecule has 0 unspecified atom stereocenters. The molecule has 0 atom stereocenters. The summed E-state index contributed by atoms with van der Waals surface area (Å²) in [6.45, 7) is 0. The van der Waals surface area contributed by atoms with E-state index in [4.69, 9.17) is 0 Å². The van der Waals surface area contributed by atoms with Crippen molar-refractivity contribution in [3.05, 3.63) is 23.2 Å². The zero-order valence-electron chi connectivity index (χ0n) is 10.0. The third-order valence-corrected chi connectivity index (χ3v) is 4.73. The second kappa shape index (κ2) is 4.37. The van der Waals surface area contributed by atoms with Gasteiger partial charge in [-0.05, 0) is 18.2 Å². The summed E-state index contributed by atoms with van der Waals surface area (Å²) in [5.41, 5.74) is 2.11. The number of anilines is 1. The number of rotatable bonds is 2. The number of carbonyl (C=O) groups is 1. The summed E-state index contributed by atoms with van der Waals surface area (Å²) in [6.07, 6.45) is 0. The van der Waals surface area contributed by atoms with Crippen LogP contribution < -0.4 is 4.90 Å². The van der Waals surface area contributed by atoms with Crippen molar-refractivity contribution < 1.29 is 4.79 Å². The Balaban J connectivity index is 2.06. The number of hydrogen-bond donors (Lipinski definition) is 0. The highest BCUT2D eigenvalue weighted by Gasteiger charge is 2.19. The largest absolute Gasteiger partial charge is 0.378 e. The summed E-state index contributed by atoms with van der Waals surface area (Å²) in [7, 11) is 4.03. The van der Waals surface area contributed by atoms with Gasteiger partial charge in [0.25, 0.3) is 5.91 Å². The van der Waals surface area contributed by atoms with E-state index in [2.05, 4.69) is 20.9 Å². The number of carbonyl (C=O) groups excluding carboxylic acids is 1. The molecule has 1 aliphatic heterocycles. The van der Waals surface area contributed by atoms with E-state index >= 15 is 0 Å². The van der Waals surface area contributed by atoms with Gasteiger partial charge >= 0.3 is 0 Å². The monoisotopic (exact) mass is 277 g/mol. The maximum Gasteiger partial charge on any atom is 0.257 e. The third-order valence-electron chi connectivity index (χ3n) is 2.63. The molecule has 0 saturated carbocycles. The molecule has 4 nitrogen and oxygen atoms in total. The van der Waals surface area contributed by atoms with Crippen LogP contribution in [0.3, 0.4) is 0 Å². The molecule has 92 valence electrons. The van der Waals surface area contributed by atoms with E-state index in [1.807, 2.05) is 26.2 Å². The molecule has 1 amide bonds. The zero-order chi connectivity index (χ0) is 12.7. The van der Waals surface area contributed by atoms with Crippen molar-refractivity contribution in [1.29, 1.82) is 0 Å². The van der Waals surface area contributed by atoms with Crippen LogP contribution >= 0.6 is 23.1 Å². The van der Waals surface area contributed by atoms with Crippen molar-refractivity contribution >= 4 is 50.0 Å². The van der Waals surface area contributed by atoms with Crippen molar-refractivity contribution in [1.82, 2.24) is 4.98 Å².